The Labute approximate surface area is 193 Å². The maximum atomic E-state index is 13.2. The molecule has 14 heteroatoms. The average Bonchev–Trinajstić information content (AvgIpc) is 3.46. The van der Waals surface area contributed by atoms with Crippen molar-refractivity contribution in [2.45, 2.75) is 17.4 Å². The van der Waals surface area contributed by atoms with Gasteiger partial charge in [0.1, 0.15) is 0 Å². The number of oxime groups is 1. The first kappa shape index (κ1) is 25.1. The zero-order valence-electron chi connectivity index (χ0n) is 17.4. The molecule has 0 unspecified atom stereocenters. The van der Waals surface area contributed by atoms with E-state index in [-0.39, 0.29) is 40.5 Å². The highest BCUT2D eigenvalue weighted by Crippen LogP contribution is 2.19. The van der Waals surface area contributed by atoms with Crippen LogP contribution in [0.2, 0.25) is 0 Å². The second kappa shape index (κ2) is 11.6. The number of aromatic nitrogens is 1. The van der Waals surface area contributed by atoms with Gasteiger partial charge in [-0.05, 0) is 12.1 Å². The summed E-state index contributed by atoms with van der Waals surface area (Å²) in [6, 6.07) is 5.30. The molecule has 1 amide bonds. The molecule has 1 fully saturated rings. The van der Waals surface area contributed by atoms with Crippen molar-refractivity contribution in [3.8, 4) is 0 Å². The van der Waals surface area contributed by atoms with E-state index in [1.807, 2.05) is 0 Å². The monoisotopic (exact) mass is 502 g/mol. The Bertz CT molecular complexity index is 1060. The highest BCUT2D eigenvalue weighted by Gasteiger charge is 2.25. The first-order valence-electron chi connectivity index (χ1n) is 9.91. The quantitative estimate of drug-likeness (QED) is 0.295. The lowest BCUT2D eigenvalue weighted by Gasteiger charge is -2.20. The number of anilines is 1. The van der Waals surface area contributed by atoms with Crippen molar-refractivity contribution in [1.82, 2.24) is 9.29 Å². The number of nitrogens with one attached hydrogen (secondary N) is 1. The van der Waals surface area contributed by atoms with Crippen LogP contribution in [-0.4, -0.2) is 85.2 Å². The molecule has 180 valence electrons. The molecule has 1 atom stereocenters. The molecule has 0 bridgehead atoms. The molecular weight excluding hydrogens is 479 g/mol. The highest BCUT2D eigenvalue weighted by molar-refractivity contribution is 7.89. The minimum atomic E-state index is -3.98. The second-order valence-corrected chi connectivity index (χ2v) is 9.75. The minimum Gasteiger partial charge on any atom is -0.395 e. The number of hydrogen-bond acceptors (Lipinski definition) is 10. The summed E-state index contributed by atoms with van der Waals surface area (Å²) in [5.41, 5.74) is 0.0855. The van der Waals surface area contributed by atoms with Crippen LogP contribution in [0.4, 0.5) is 9.52 Å². The van der Waals surface area contributed by atoms with E-state index in [4.69, 9.17) is 19.8 Å². The van der Waals surface area contributed by atoms with E-state index < -0.39 is 34.3 Å². The number of aliphatic hydroxyl groups is 2. The van der Waals surface area contributed by atoms with Gasteiger partial charge in [-0.2, -0.15) is 8.70 Å². The lowest BCUT2D eigenvalue weighted by Crippen LogP contribution is -2.35. The molecule has 3 rings (SSSR count). The smallest absolute Gasteiger partial charge is 0.280 e. The number of nitrogens with zero attached hydrogens (tertiary/aromatic N) is 3. The molecule has 1 aromatic carbocycles. The zero-order chi connectivity index (χ0) is 23.8. The number of carbonyl (C=O) groups excluding carboxylic acids is 1. The number of benzene rings is 1. The summed E-state index contributed by atoms with van der Waals surface area (Å²) >= 11 is 0.639. The van der Waals surface area contributed by atoms with Gasteiger partial charge in [-0.25, -0.2) is 13.4 Å². The summed E-state index contributed by atoms with van der Waals surface area (Å²) < 4.78 is 45.0. The number of carbonyl (C=O) groups is 1. The fourth-order valence-electron chi connectivity index (χ4n) is 2.93. The summed E-state index contributed by atoms with van der Waals surface area (Å²) in [5.74, 6) is -0.721. The van der Waals surface area contributed by atoms with Crippen LogP contribution in [0.25, 0.3) is 0 Å². The van der Waals surface area contributed by atoms with Crippen LogP contribution in [0.5, 0.6) is 0 Å². The minimum absolute atomic E-state index is 0.0252. The Morgan fingerprint density at radius 1 is 1.30 bits per heavy atom. The van der Waals surface area contributed by atoms with E-state index in [0.29, 0.717) is 31.0 Å². The molecule has 11 nitrogen and oxygen atoms in total. The largest absolute Gasteiger partial charge is 0.395 e. The number of ether oxygens (including phenoxy) is 1. The van der Waals surface area contributed by atoms with E-state index in [1.54, 1.807) is 0 Å². The molecule has 1 aliphatic heterocycles. The summed E-state index contributed by atoms with van der Waals surface area (Å²) in [6.45, 7) is -0.353. The summed E-state index contributed by atoms with van der Waals surface area (Å²) in [4.78, 5) is 21.9. The highest BCUT2D eigenvalue weighted by atomic mass is 32.2. The van der Waals surface area contributed by atoms with Crippen molar-refractivity contribution >= 4 is 38.1 Å². The maximum absolute atomic E-state index is 13.2. The van der Waals surface area contributed by atoms with Crippen molar-refractivity contribution in [3.05, 3.63) is 41.2 Å². The Morgan fingerprint density at radius 3 is 2.55 bits per heavy atom. The first-order chi connectivity index (χ1) is 15.8. The number of thiazole rings is 1. The van der Waals surface area contributed by atoms with Gasteiger partial charge in [0, 0.05) is 25.1 Å². The normalized spacial score (nSPS) is 16.8. The Balaban J connectivity index is 1.86. The van der Waals surface area contributed by atoms with E-state index in [0.717, 1.165) is 10.5 Å². The van der Waals surface area contributed by atoms with Crippen molar-refractivity contribution < 1.29 is 37.4 Å². The van der Waals surface area contributed by atoms with Crippen LogP contribution in [0, 0.1) is 5.13 Å². The van der Waals surface area contributed by atoms with Gasteiger partial charge >= 0.3 is 0 Å². The molecule has 0 radical (unpaired) electrons. The fourth-order valence-corrected chi connectivity index (χ4v) is 4.89. The third kappa shape index (κ3) is 6.52. The molecule has 0 aliphatic carbocycles. The molecule has 0 spiro atoms. The average molecular weight is 503 g/mol. The van der Waals surface area contributed by atoms with E-state index in [2.05, 4.69) is 15.5 Å². The van der Waals surface area contributed by atoms with Crippen molar-refractivity contribution in [1.29, 1.82) is 0 Å². The van der Waals surface area contributed by atoms with Gasteiger partial charge in [0.25, 0.3) is 5.91 Å². The fraction of sp³-hybridized carbons (Fsp3) is 0.421. The zero-order valence-corrected chi connectivity index (χ0v) is 19.0. The predicted octanol–water partition coefficient (Wildman–Crippen LogP) is 0.406. The topological polar surface area (TPSA) is 151 Å². The number of halogens is 1. The Hall–Kier alpha value is -2.49. The van der Waals surface area contributed by atoms with Gasteiger partial charge in [0.05, 0.1) is 37.5 Å². The van der Waals surface area contributed by atoms with Crippen LogP contribution in [0.1, 0.15) is 12.0 Å². The van der Waals surface area contributed by atoms with Gasteiger partial charge in [-0.3, -0.25) is 10.1 Å². The molecular formula is C19H23FN4O7S2. The molecule has 33 heavy (non-hydrogen) atoms. The molecule has 2 aromatic rings. The summed E-state index contributed by atoms with van der Waals surface area (Å²) in [7, 11) is -3.98. The lowest BCUT2D eigenvalue weighted by atomic mass is 10.1. The molecule has 0 saturated carbocycles. The summed E-state index contributed by atoms with van der Waals surface area (Å²) in [6.07, 6.45) is 1.22. The van der Waals surface area contributed by atoms with Gasteiger partial charge < -0.3 is 19.8 Å². The molecule has 1 saturated heterocycles. The van der Waals surface area contributed by atoms with Crippen molar-refractivity contribution in [2.75, 3.05) is 44.8 Å². The maximum Gasteiger partial charge on any atom is 0.280 e. The van der Waals surface area contributed by atoms with Crippen molar-refractivity contribution in [3.63, 3.8) is 0 Å². The Kier molecular flexibility index (Phi) is 8.82. The van der Waals surface area contributed by atoms with Gasteiger partial charge in [0.2, 0.25) is 10.0 Å². The SMILES string of the molecule is O=C(Nc1ncc(F)s1)C(=NO[C@@H]1CCOC1)c1ccc(S(=O)(=O)N(CCO)CCO)cc1. The van der Waals surface area contributed by atoms with Crippen LogP contribution < -0.4 is 5.32 Å². The van der Waals surface area contributed by atoms with E-state index >= 15 is 0 Å². The molecule has 1 aliphatic rings. The number of amides is 1. The summed E-state index contributed by atoms with van der Waals surface area (Å²) in [5, 5.41) is 24.1. The number of aliphatic hydroxyl groups excluding tert-OH is 2. The van der Waals surface area contributed by atoms with E-state index in [1.165, 1.54) is 24.3 Å². The van der Waals surface area contributed by atoms with Crippen molar-refractivity contribution in [2.24, 2.45) is 5.16 Å². The van der Waals surface area contributed by atoms with Crippen LogP contribution in [0.15, 0.2) is 40.5 Å². The second-order valence-electron chi connectivity index (χ2n) is 6.83. The van der Waals surface area contributed by atoms with Gasteiger partial charge in [-0.1, -0.05) is 28.6 Å². The molecule has 1 aromatic heterocycles. The van der Waals surface area contributed by atoms with Crippen LogP contribution in [0.3, 0.4) is 0 Å². The van der Waals surface area contributed by atoms with Gasteiger partial charge in [0.15, 0.2) is 22.1 Å². The number of rotatable bonds is 11. The lowest BCUT2D eigenvalue weighted by molar-refractivity contribution is -0.110. The number of hydrogen-bond donors (Lipinski definition) is 3. The van der Waals surface area contributed by atoms with Crippen LogP contribution in [-0.2, 0) is 24.4 Å². The molecule has 2 heterocycles. The van der Waals surface area contributed by atoms with Gasteiger partial charge in [-0.15, -0.1) is 0 Å². The first-order valence-corrected chi connectivity index (χ1v) is 12.2. The predicted molar refractivity (Wildman–Crippen MR) is 117 cm³/mol. The molecule has 3 N–H and O–H groups in total. The third-order valence-corrected chi connectivity index (χ3v) is 7.17. The standard InChI is InChI=1S/C19H23FN4O7S2/c20-16-11-21-19(32-16)22-18(27)17(23-31-14-5-10-30-12-14)13-1-3-15(4-2-13)33(28,29)24(6-8-25)7-9-26/h1-4,11,14,25-26H,5-10,12H2,(H,21,22,27)/t14-/m1/s1. The third-order valence-electron chi connectivity index (χ3n) is 4.56. The van der Waals surface area contributed by atoms with Crippen LogP contribution >= 0.6 is 11.3 Å². The Morgan fingerprint density at radius 2 is 2.00 bits per heavy atom. The van der Waals surface area contributed by atoms with E-state index in [9.17, 15) is 17.6 Å². The number of sulfonamides is 1.